The number of likely N-dealkylation sites (tertiary alicyclic amines) is 1. The second kappa shape index (κ2) is 24.7. The number of hydrogen-bond donors (Lipinski definition) is 13. The smallest absolute Gasteiger partial charge is 0.326 e. The van der Waals surface area contributed by atoms with E-state index in [1.807, 2.05) is 0 Å². The Kier molecular flexibility index (Phi) is 19.9. The van der Waals surface area contributed by atoms with Crippen LogP contribution in [-0.4, -0.2) is 155 Å². The van der Waals surface area contributed by atoms with Gasteiger partial charge in [0.1, 0.15) is 48.0 Å². The Hall–Kier alpha value is -6.66. The van der Waals surface area contributed by atoms with Gasteiger partial charge in [0.25, 0.3) is 0 Å². The van der Waals surface area contributed by atoms with Gasteiger partial charge in [-0.15, -0.1) is 0 Å². The van der Waals surface area contributed by atoms with Crippen LogP contribution in [0.25, 0.3) is 0 Å². The maximum absolute atomic E-state index is 14.2. The van der Waals surface area contributed by atoms with E-state index in [0.717, 1.165) is 4.90 Å². The molecule has 63 heavy (non-hydrogen) atoms. The number of benzene rings is 1. The molecule has 0 saturated carbocycles. The van der Waals surface area contributed by atoms with Gasteiger partial charge in [-0.1, -0.05) is 12.1 Å². The number of nitrogens with two attached hydrogens (primary N) is 2. The third kappa shape index (κ3) is 16.3. The maximum atomic E-state index is 14.2. The molecular formula is C39H56N10O14. The van der Waals surface area contributed by atoms with Crippen molar-refractivity contribution in [1.29, 1.82) is 0 Å². The van der Waals surface area contributed by atoms with Gasteiger partial charge in [-0.25, -0.2) is 9.78 Å². The van der Waals surface area contributed by atoms with Gasteiger partial charge in [-0.3, -0.25) is 38.4 Å². The molecule has 0 spiro atoms. The van der Waals surface area contributed by atoms with Crippen molar-refractivity contribution >= 4 is 53.4 Å². The van der Waals surface area contributed by atoms with Crippen molar-refractivity contribution in [2.75, 3.05) is 13.1 Å². The van der Waals surface area contributed by atoms with Crippen molar-refractivity contribution in [2.45, 2.75) is 120 Å². The summed E-state index contributed by atoms with van der Waals surface area (Å²) in [6.45, 7) is 1.50. The number of aromatic nitrogens is 2. The van der Waals surface area contributed by atoms with E-state index in [1.165, 1.54) is 43.7 Å². The summed E-state index contributed by atoms with van der Waals surface area (Å²) in [6.07, 6.45) is -0.165. The quantitative estimate of drug-likeness (QED) is 0.0409. The van der Waals surface area contributed by atoms with E-state index < -0.39 is 121 Å². The largest absolute Gasteiger partial charge is 0.508 e. The highest BCUT2D eigenvalue weighted by Crippen LogP contribution is 2.21. The van der Waals surface area contributed by atoms with Gasteiger partial charge < -0.3 is 73.5 Å². The Morgan fingerprint density at radius 2 is 1.40 bits per heavy atom. The SMILES string of the molecule is C[C@@H](O)[C@H](N)C(=O)N[C@@H](CCCCN)C(=O)N[C@@H](CC(=O)O)C(=O)N[C@@H](CCC(=O)O)C(=O)N[C@@H](Cc1c[nH]cn1)C(=O)N1CCC[C@H]1C(=O)N[C@@H](Cc1ccc(O)cc1)C(=O)O. The number of H-pyrrole nitrogens is 1. The first kappa shape index (κ1) is 50.7. The van der Waals surface area contributed by atoms with Crippen molar-refractivity contribution in [2.24, 2.45) is 11.5 Å². The van der Waals surface area contributed by atoms with Crippen LogP contribution >= 0.6 is 0 Å². The number of amides is 6. The lowest BCUT2D eigenvalue weighted by atomic mass is 10.0. The predicted octanol–water partition coefficient (Wildman–Crippen LogP) is -3.42. The number of nitrogens with one attached hydrogen (secondary N) is 6. The molecular weight excluding hydrogens is 832 g/mol. The number of phenolic OH excluding ortho intramolecular Hbond substituents is 1. The average Bonchev–Trinajstić information content (AvgIpc) is 3.94. The normalized spacial score (nSPS) is 16.8. The standard InChI is InChI=1S/C39H56N10O14/c1-20(50)32(41)37(60)45-24(5-2-3-13-40)33(56)46-26(17-31(54)55)35(58)44-25(11-12-30(52)53)34(57)47-27(16-22-18-42-19-43-22)38(61)49-14-4-6-29(49)36(59)48-28(39(62)63)15-21-7-9-23(51)10-8-21/h7-10,18-20,24-29,32,50-51H,2-6,11-17,40-41H2,1H3,(H,42,43)(H,44,58)(H,45,60)(H,46,56)(H,47,57)(H,48,59)(H,52,53)(H,54,55)(H,62,63)/t20-,24+,25+,26+,27+,28+,29+,32+/m1/s1. The fourth-order valence-corrected chi connectivity index (χ4v) is 6.64. The van der Waals surface area contributed by atoms with E-state index in [-0.39, 0.29) is 50.2 Å². The maximum Gasteiger partial charge on any atom is 0.326 e. The lowest BCUT2D eigenvalue weighted by Crippen LogP contribution is -2.60. The number of phenols is 1. The van der Waals surface area contributed by atoms with Gasteiger partial charge in [0, 0.05) is 32.0 Å². The van der Waals surface area contributed by atoms with Crippen LogP contribution < -0.4 is 38.1 Å². The lowest BCUT2D eigenvalue weighted by molar-refractivity contribution is -0.145. The van der Waals surface area contributed by atoms with E-state index in [0.29, 0.717) is 24.8 Å². The topological polar surface area (TPSA) is 399 Å². The molecule has 1 aliphatic heterocycles. The number of carbonyl (C=O) groups is 9. The zero-order valence-electron chi connectivity index (χ0n) is 34.5. The van der Waals surface area contributed by atoms with Crippen LogP contribution in [0.3, 0.4) is 0 Å². The van der Waals surface area contributed by atoms with Crippen LogP contribution in [0, 0.1) is 0 Å². The zero-order valence-corrected chi connectivity index (χ0v) is 34.5. The van der Waals surface area contributed by atoms with Gasteiger partial charge in [0.05, 0.1) is 24.5 Å². The van der Waals surface area contributed by atoms with E-state index in [4.69, 9.17) is 11.5 Å². The summed E-state index contributed by atoms with van der Waals surface area (Å²) < 4.78 is 0. The summed E-state index contributed by atoms with van der Waals surface area (Å²) in [6, 6.07) is -4.83. The van der Waals surface area contributed by atoms with E-state index >= 15 is 0 Å². The Bertz CT molecular complexity index is 1910. The molecule has 0 radical (unpaired) electrons. The number of aliphatic hydroxyl groups excluding tert-OH is 1. The summed E-state index contributed by atoms with van der Waals surface area (Å²) >= 11 is 0. The van der Waals surface area contributed by atoms with Crippen molar-refractivity contribution < 1.29 is 68.7 Å². The van der Waals surface area contributed by atoms with Crippen LogP contribution in [0.5, 0.6) is 5.75 Å². The fourth-order valence-electron chi connectivity index (χ4n) is 6.64. The molecule has 0 aliphatic carbocycles. The van der Waals surface area contributed by atoms with Crippen molar-refractivity contribution in [3.63, 3.8) is 0 Å². The number of aromatic amines is 1. The second-order valence-corrected chi connectivity index (χ2v) is 15.1. The Morgan fingerprint density at radius 3 is 1.97 bits per heavy atom. The van der Waals surface area contributed by atoms with Crippen LogP contribution in [0.15, 0.2) is 36.8 Å². The van der Waals surface area contributed by atoms with Crippen molar-refractivity contribution in [1.82, 2.24) is 41.5 Å². The van der Waals surface area contributed by atoms with Crippen molar-refractivity contribution in [3.8, 4) is 5.75 Å². The molecule has 3 rings (SSSR count). The second-order valence-electron chi connectivity index (χ2n) is 15.1. The molecule has 8 atom stereocenters. The summed E-state index contributed by atoms with van der Waals surface area (Å²) in [5.74, 6) is -10.2. The number of hydrogen-bond acceptors (Lipinski definition) is 14. The Balaban J connectivity index is 1.85. The third-order valence-electron chi connectivity index (χ3n) is 10.1. The first-order valence-corrected chi connectivity index (χ1v) is 20.2. The van der Waals surface area contributed by atoms with Crippen molar-refractivity contribution in [3.05, 3.63) is 48.0 Å². The monoisotopic (exact) mass is 888 g/mol. The highest BCUT2D eigenvalue weighted by atomic mass is 16.4. The first-order valence-electron chi connectivity index (χ1n) is 20.2. The van der Waals surface area contributed by atoms with Crippen LogP contribution in [0.4, 0.5) is 0 Å². The number of aromatic hydroxyl groups is 1. The molecule has 1 saturated heterocycles. The number of carbonyl (C=O) groups excluding carboxylic acids is 6. The molecule has 24 nitrogen and oxygen atoms in total. The number of rotatable bonds is 26. The molecule has 0 unspecified atom stereocenters. The van der Waals surface area contributed by atoms with Gasteiger partial charge in [0.2, 0.25) is 35.4 Å². The molecule has 1 fully saturated rings. The number of aliphatic carboxylic acids is 3. The van der Waals surface area contributed by atoms with Gasteiger partial charge in [0.15, 0.2) is 0 Å². The predicted molar refractivity (Wildman–Crippen MR) is 218 cm³/mol. The molecule has 24 heteroatoms. The van der Waals surface area contributed by atoms with E-state index in [2.05, 4.69) is 36.6 Å². The number of imidazole rings is 1. The van der Waals surface area contributed by atoms with Gasteiger partial charge >= 0.3 is 17.9 Å². The molecule has 0 bridgehead atoms. The summed E-state index contributed by atoms with van der Waals surface area (Å²) in [4.78, 5) is 125. The van der Waals surface area contributed by atoms with Gasteiger partial charge in [-0.05, 0) is 69.7 Å². The Labute approximate surface area is 360 Å². The molecule has 15 N–H and O–H groups in total. The third-order valence-corrected chi connectivity index (χ3v) is 10.1. The first-order chi connectivity index (χ1) is 29.8. The molecule has 6 amide bonds. The number of aliphatic hydroxyl groups is 1. The lowest BCUT2D eigenvalue weighted by Gasteiger charge is -2.30. The number of carboxylic acids is 3. The van der Waals surface area contributed by atoms with E-state index in [1.54, 1.807) is 0 Å². The average molecular weight is 889 g/mol. The highest BCUT2D eigenvalue weighted by molar-refractivity contribution is 5.98. The number of carboxylic acid groups (broad SMARTS) is 3. The van der Waals surface area contributed by atoms with Crippen LogP contribution in [-0.2, 0) is 56.0 Å². The highest BCUT2D eigenvalue weighted by Gasteiger charge is 2.40. The van der Waals surface area contributed by atoms with Crippen LogP contribution in [0.2, 0.25) is 0 Å². The molecule has 2 heterocycles. The molecule has 1 aromatic heterocycles. The molecule has 346 valence electrons. The van der Waals surface area contributed by atoms with Crippen LogP contribution in [0.1, 0.15) is 69.5 Å². The summed E-state index contributed by atoms with van der Waals surface area (Å²) in [5, 5.41) is 60.2. The number of unbranched alkanes of at least 4 members (excludes halogenated alkanes) is 1. The van der Waals surface area contributed by atoms with Gasteiger partial charge in [-0.2, -0.15) is 0 Å². The number of nitrogens with zero attached hydrogens (tertiary/aromatic N) is 2. The summed E-state index contributed by atoms with van der Waals surface area (Å²) in [7, 11) is 0. The van der Waals surface area contributed by atoms with E-state index in [9.17, 15) is 68.7 Å². The molecule has 2 aromatic rings. The molecule has 1 aromatic carbocycles. The fraction of sp³-hybridized carbons (Fsp3) is 0.538. The Morgan fingerprint density at radius 1 is 0.794 bits per heavy atom. The zero-order chi connectivity index (χ0) is 46.8. The molecule has 1 aliphatic rings. The minimum Gasteiger partial charge on any atom is -0.508 e. The minimum atomic E-state index is -1.89. The minimum absolute atomic E-state index is 0.0218. The summed E-state index contributed by atoms with van der Waals surface area (Å²) in [5.41, 5.74) is 12.0.